The van der Waals surface area contributed by atoms with Crippen molar-refractivity contribution in [1.82, 2.24) is 9.62 Å². The van der Waals surface area contributed by atoms with E-state index in [1.807, 2.05) is 0 Å². The molecule has 0 saturated heterocycles. The molecule has 5 nitrogen and oxygen atoms in total. The Hall–Kier alpha value is -2.39. The number of rotatable bonds is 7. The molecule has 1 unspecified atom stereocenters. The monoisotopic (exact) mass is 454 g/mol. The average molecular weight is 455 g/mol. The molecule has 1 saturated carbocycles. The van der Waals surface area contributed by atoms with Crippen LogP contribution < -0.4 is 4.72 Å². The van der Waals surface area contributed by atoms with E-state index in [1.165, 1.54) is 30.3 Å². The SMILES string of the molecule is CC(C)NS(=O)(=O)c1ccc(C(=O)N(C2CC2)C(C)c2cccc(C(F)(F)F)c2)cc1. The first-order valence-corrected chi connectivity index (χ1v) is 11.5. The number of hydrogen-bond acceptors (Lipinski definition) is 3. The molecule has 0 radical (unpaired) electrons. The molecular weight excluding hydrogens is 429 g/mol. The van der Waals surface area contributed by atoms with Gasteiger partial charge in [0, 0.05) is 17.6 Å². The number of benzene rings is 2. The van der Waals surface area contributed by atoms with Crippen molar-refractivity contribution in [3.05, 3.63) is 65.2 Å². The molecule has 0 aliphatic heterocycles. The highest BCUT2D eigenvalue weighted by Crippen LogP contribution is 2.37. The van der Waals surface area contributed by atoms with Crippen LogP contribution in [0, 0.1) is 0 Å². The molecule has 1 aliphatic carbocycles. The number of hydrogen-bond donors (Lipinski definition) is 1. The third kappa shape index (κ3) is 5.46. The number of carbonyl (C=O) groups is 1. The van der Waals surface area contributed by atoms with E-state index in [2.05, 4.69) is 4.72 Å². The van der Waals surface area contributed by atoms with E-state index in [1.54, 1.807) is 31.7 Å². The quantitative estimate of drug-likeness (QED) is 0.656. The molecule has 31 heavy (non-hydrogen) atoms. The molecule has 0 bridgehead atoms. The maximum atomic E-state index is 13.2. The number of sulfonamides is 1. The first-order valence-electron chi connectivity index (χ1n) is 10.0. The van der Waals surface area contributed by atoms with Crippen molar-refractivity contribution >= 4 is 15.9 Å². The normalized spacial score (nSPS) is 15.7. The highest BCUT2D eigenvalue weighted by atomic mass is 32.2. The molecule has 3 rings (SSSR count). The Bertz CT molecular complexity index is 1050. The Balaban J connectivity index is 1.86. The van der Waals surface area contributed by atoms with Crippen LogP contribution in [0.2, 0.25) is 0 Å². The van der Waals surface area contributed by atoms with Gasteiger partial charge in [0.2, 0.25) is 10.0 Å². The molecule has 1 atom stereocenters. The number of alkyl halides is 3. The lowest BCUT2D eigenvalue weighted by Gasteiger charge is -2.30. The second kappa shape index (κ2) is 8.63. The Kier molecular flexibility index (Phi) is 6.48. The molecule has 168 valence electrons. The molecule has 1 fully saturated rings. The molecule has 2 aromatic carbocycles. The van der Waals surface area contributed by atoms with Gasteiger partial charge < -0.3 is 4.90 Å². The van der Waals surface area contributed by atoms with Gasteiger partial charge in [0.05, 0.1) is 16.5 Å². The lowest BCUT2D eigenvalue weighted by atomic mass is 10.0. The molecule has 2 aromatic rings. The number of amides is 1. The number of nitrogens with zero attached hydrogens (tertiary/aromatic N) is 1. The summed E-state index contributed by atoms with van der Waals surface area (Å²) in [6.45, 7) is 5.12. The summed E-state index contributed by atoms with van der Waals surface area (Å²) < 4.78 is 66.4. The van der Waals surface area contributed by atoms with Crippen molar-refractivity contribution < 1.29 is 26.4 Å². The molecule has 9 heteroatoms. The number of carbonyl (C=O) groups excluding carboxylic acids is 1. The summed E-state index contributed by atoms with van der Waals surface area (Å²) in [5, 5.41) is 0. The molecular formula is C22H25F3N2O3S. The van der Waals surface area contributed by atoms with Crippen LogP contribution in [0.3, 0.4) is 0 Å². The topological polar surface area (TPSA) is 66.5 Å². The Morgan fingerprint density at radius 2 is 1.68 bits per heavy atom. The molecule has 1 amide bonds. The van der Waals surface area contributed by atoms with Gasteiger partial charge in [-0.15, -0.1) is 0 Å². The van der Waals surface area contributed by atoms with Crippen molar-refractivity contribution in [2.45, 2.75) is 62.8 Å². The molecule has 0 aromatic heterocycles. The standard InChI is InChI=1S/C22H25F3N2O3S/c1-14(2)26-31(29,30)20-11-7-16(8-12-20)21(28)27(19-9-10-19)15(3)17-5-4-6-18(13-17)22(23,24)25/h4-8,11-15,19,26H,9-10H2,1-3H3. The fraction of sp³-hybridized carbons (Fsp3) is 0.409. The zero-order chi connectivity index (χ0) is 23.0. The molecule has 0 spiro atoms. The zero-order valence-electron chi connectivity index (χ0n) is 17.5. The van der Waals surface area contributed by atoms with E-state index >= 15 is 0 Å². The van der Waals surface area contributed by atoms with Crippen LogP contribution in [-0.4, -0.2) is 31.3 Å². The summed E-state index contributed by atoms with van der Waals surface area (Å²) >= 11 is 0. The van der Waals surface area contributed by atoms with Crippen LogP contribution >= 0.6 is 0 Å². The number of halogens is 3. The highest BCUT2D eigenvalue weighted by molar-refractivity contribution is 7.89. The predicted molar refractivity (Wildman–Crippen MR) is 111 cm³/mol. The van der Waals surface area contributed by atoms with E-state index < -0.39 is 27.8 Å². The van der Waals surface area contributed by atoms with Gasteiger partial charge in [-0.2, -0.15) is 13.2 Å². The minimum Gasteiger partial charge on any atom is -0.329 e. The van der Waals surface area contributed by atoms with Gasteiger partial charge in [0.25, 0.3) is 5.91 Å². The second-order valence-corrected chi connectivity index (χ2v) is 9.76. The fourth-order valence-electron chi connectivity index (χ4n) is 3.45. The Labute approximate surface area is 180 Å². The van der Waals surface area contributed by atoms with Gasteiger partial charge in [0.15, 0.2) is 0 Å². The Morgan fingerprint density at radius 1 is 1.06 bits per heavy atom. The van der Waals surface area contributed by atoms with Crippen LogP contribution in [0.4, 0.5) is 13.2 Å². The highest BCUT2D eigenvalue weighted by Gasteiger charge is 2.38. The van der Waals surface area contributed by atoms with E-state index in [0.717, 1.165) is 25.0 Å². The number of nitrogens with one attached hydrogen (secondary N) is 1. The van der Waals surface area contributed by atoms with Gasteiger partial charge in [0.1, 0.15) is 0 Å². The van der Waals surface area contributed by atoms with Crippen molar-refractivity contribution in [2.75, 3.05) is 0 Å². The lowest BCUT2D eigenvalue weighted by molar-refractivity contribution is -0.137. The van der Waals surface area contributed by atoms with Gasteiger partial charge in [-0.1, -0.05) is 12.1 Å². The van der Waals surface area contributed by atoms with E-state index in [9.17, 15) is 26.4 Å². The van der Waals surface area contributed by atoms with Gasteiger partial charge in [-0.3, -0.25) is 4.79 Å². The summed E-state index contributed by atoms with van der Waals surface area (Å²) in [5.74, 6) is -0.340. The van der Waals surface area contributed by atoms with Crippen LogP contribution in [0.5, 0.6) is 0 Å². The van der Waals surface area contributed by atoms with Gasteiger partial charge in [-0.25, -0.2) is 13.1 Å². The van der Waals surface area contributed by atoms with Crippen LogP contribution in [0.1, 0.15) is 61.1 Å². The molecule has 1 N–H and O–H groups in total. The van der Waals surface area contributed by atoms with Crippen molar-refractivity contribution in [3.63, 3.8) is 0 Å². The van der Waals surface area contributed by atoms with E-state index in [0.29, 0.717) is 5.56 Å². The first-order chi connectivity index (χ1) is 14.4. The van der Waals surface area contributed by atoms with E-state index in [-0.39, 0.29) is 28.4 Å². The lowest BCUT2D eigenvalue weighted by Crippen LogP contribution is -2.35. The minimum absolute atomic E-state index is 0.0432. The Morgan fingerprint density at radius 3 is 2.19 bits per heavy atom. The summed E-state index contributed by atoms with van der Waals surface area (Å²) in [7, 11) is -3.69. The van der Waals surface area contributed by atoms with Crippen molar-refractivity contribution in [2.24, 2.45) is 0 Å². The van der Waals surface area contributed by atoms with Crippen molar-refractivity contribution in [1.29, 1.82) is 0 Å². The smallest absolute Gasteiger partial charge is 0.329 e. The van der Waals surface area contributed by atoms with Crippen LogP contribution in [0.15, 0.2) is 53.4 Å². The van der Waals surface area contributed by atoms with Gasteiger partial charge >= 0.3 is 6.18 Å². The van der Waals surface area contributed by atoms with Crippen LogP contribution in [0.25, 0.3) is 0 Å². The minimum atomic E-state index is -4.46. The summed E-state index contributed by atoms with van der Waals surface area (Å²) in [6, 6.07) is 9.69. The summed E-state index contributed by atoms with van der Waals surface area (Å²) in [6.07, 6.45) is -2.91. The van der Waals surface area contributed by atoms with Crippen LogP contribution in [-0.2, 0) is 16.2 Å². The van der Waals surface area contributed by atoms with Gasteiger partial charge in [-0.05, 0) is 75.6 Å². The third-order valence-corrected chi connectivity index (χ3v) is 6.77. The zero-order valence-corrected chi connectivity index (χ0v) is 18.3. The molecule has 1 aliphatic rings. The average Bonchev–Trinajstić information content (AvgIpc) is 3.51. The fourth-order valence-corrected chi connectivity index (χ4v) is 4.70. The van der Waals surface area contributed by atoms with E-state index in [4.69, 9.17) is 0 Å². The third-order valence-electron chi connectivity index (χ3n) is 5.09. The maximum Gasteiger partial charge on any atom is 0.416 e. The largest absolute Gasteiger partial charge is 0.416 e. The summed E-state index contributed by atoms with van der Waals surface area (Å²) in [5.41, 5.74) is -0.0723. The van der Waals surface area contributed by atoms with Crippen molar-refractivity contribution in [3.8, 4) is 0 Å². The first kappa shape index (κ1) is 23.3. The second-order valence-electron chi connectivity index (χ2n) is 8.04. The molecule has 0 heterocycles. The summed E-state index contributed by atoms with van der Waals surface area (Å²) in [4.78, 5) is 14.8. The predicted octanol–water partition coefficient (Wildman–Crippen LogP) is 4.76. The maximum absolute atomic E-state index is 13.2.